The lowest BCUT2D eigenvalue weighted by Gasteiger charge is -2.16. The Bertz CT molecular complexity index is 640. The number of anilines is 1. The highest BCUT2D eigenvalue weighted by atomic mass is 19.1. The normalized spacial score (nSPS) is 11.8. The summed E-state index contributed by atoms with van der Waals surface area (Å²) >= 11 is 0. The summed E-state index contributed by atoms with van der Waals surface area (Å²) in [5.74, 6) is -1.26. The van der Waals surface area contributed by atoms with Crippen molar-refractivity contribution in [2.75, 3.05) is 12.4 Å². The largest absolute Gasteiger partial charge is 0.497 e. The fourth-order valence-electron chi connectivity index (χ4n) is 2.00. The van der Waals surface area contributed by atoms with Crippen molar-refractivity contribution in [2.24, 2.45) is 0 Å². The molecule has 0 fully saturated rings. The molecule has 0 spiro atoms. The molecule has 0 saturated carbocycles. The van der Waals surface area contributed by atoms with Gasteiger partial charge in [-0.2, -0.15) is 0 Å². The van der Waals surface area contributed by atoms with Crippen LogP contribution in [0.3, 0.4) is 0 Å². The van der Waals surface area contributed by atoms with Crippen LogP contribution in [-0.4, -0.2) is 18.2 Å². The van der Waals surface area contributed by atoms with E-state index in [4.69, 9.17) is 9.84 Å². The van der Waals surface area contributed by atoms with Crippen molar-refractivity contribution in [3.05, 3.63) is 59.4 Å². The molecular weight excluding hydrogens is 273 g/mol. The lowest BCUT2D eigenvalue weighted by Crippen LogP contribution is -2.08. The van der Waals surface area contributed by atoms with Crippen LogP contribution in [0.15, 0.2) is 42.5 Å². The van der Waals surface area contributed by atoms with E-state index in [0.29, 0.717) is 5.69 Å². The van der Waals surface area contributed by atoms with Crippen molar-refractivity contribution in [2.45, 2.75) is 13.0 Å². The van der Waals surface area contributed by atoms with Crippen LogP contribution in [-0.2, 0) is 0 Å². The van der Waals surface area contributed by atoms with Crippen molar-refractivity contribution in [3.63, 3.8) is 0 Å². The zero-order chi connectivity index (χ0) is 15.4. The maximum atomic E-state index is 13.3. The van der Waals surface area contributed by atoms with Gasteiger partial charge >= 0.3 is 5.97 Å². The molecule has 1 atom stereocenters. The number of aromatic carboxylic acids is 1. The molecule has 5 heteroatoms. The zero-order valence-corrected chi connectivity index (χ0v) is 11.8. The van der Waals surface area contributed by atoms with Crippen LogP contribution in [0.5, 0.6) is 5.75 Å². The molecule has 0 aromatic heterocycles. The molecule has 2 rings (SSSR count). The molecule has 0 radical (unpaired) electrons. The monoisotopic (exact) mass is 289 g/mol. The first-order chi connectivity index (χ1) is 10.0. The molecule has 0 saturated heterocycles. The van der Waals surface area contributed by atoms with Crippen LogP contribution >= 0.6 is 0 Å². The van der Waals surface area contributed by atoms with Gasteiger partial charge in [-0.15, -0.1) is 0 Å². The second kappa shape index (κ2) is 6.26. The molecule has 2 aromatic carbocycles. The number of benzene rings is 2. The third-order valence-corrected chi connectivity index (χ3v) is 3.20. The molecule has 0 heterocycles. The van der Waals surface area contributed by atoms with Crippen molar-refractivity contribution < 1.29 is 19.0 Å². The summed E-state index contributed by atoms with van der Waals surface area (Å²) < 4.78 is 18.4. The molecule has 21 heavy (non-hydrogen) atoms. The average Bonchev–Trinajstić information content (AvgIpc) is 2.49. The van der Waals surface area contributed by atoms with Gasteiger partial charge in [-0.1, -0.05) is 12.1 Å². The fraction of sp³-hybridized carbons (Fsp3) is 0.188. The lowest BCUT2D eigenvalue weighted by molar-refractivity contribution is 0.0692. The summed E-state index contributed by atoms with van der Waals surface area (Å²) in [4.78, 5) is 10.9. The molecule has 2 N–H and O–H groups in total. The number of hydrogen-bond donors (Lipinski definition) is 2. The van der Waals surface area contributed by atoms with E-state index < -0.39 is 11.8 Å². The Balaban J connectivity index is 2.16. The minimum Gasteiger partial charge on any atom is -0.497 e. The third kappa shape index (κ3) is 3.51. The maximum absolute atomic E-state index is 13.3. The van der Waals surface area contributed by atoms with Crippen LogP contribution in [0.4, 0.5) is 10.1 Å². The van der Waals surface area contributed by atoms with E-state index in [2.05, 4.69) is 5.32 Å². The predicted octanol–water partition coefficient (Wildman–Crippen LogP) is 3.71. The molecular formula is C16H16FNO3. The molecule has 0 aliphatic rings. The molecule has 110 valence electrons. The van der Waals surface area contributed by atoms with E-state index in [-0.39, 0.29) is 11.6 Å². The number of hydrogen-bond acceptors (Lipinski definition) is 3. The predicted molar refractivity (Wildman–Crippen MR) is 78.4 cm³/mol. The highest BCUT2D eigenvalue weighted by Crippen LogP contribution is 2.23. The molecule has 0 amide bonds. The Labute approximate surface area is 122 Å². The summed E-state index contributed by atoms with van der Waals surface area (Å²) in [6.07, 6.45) is 0. The van der Waals surface area contributed by atoms with Gasteiger partial charge in [0.2, 0.25) is 0 Å². The first-order valence-electron chi connectivity index (χ1n) is 6.44. The van der Waals surface area contributed by atoms with E-state index in [1.165, 1.54) is 12.1 Å². The maximum Gasteiger partial charge on any atom is 0.338 e. The number of nitrogens with one attached hydrogen (secondary N) is 1. The highest BCUT2D eigenvalue weighted by Gasteiger charge is 2.12. The Morgan fingerprint density at radius 1 is 1.24 bits per heavy atom. The van der Waals surface area contributed by atoms with E-state index in [9.17, 15) is 9.18 Å². The molecule has 4 nitrogen and oxygen atoms in total. The summed E-state index contributed by atoms with van der Waals surface area (Å²) in [5, 5.41) is 12.1. The van der Waals surface area contributed by atoms with Crippen LogP contribution in [0.2, 0.25) is 0 Å². The number of halogens is 1. The second-order valence-corrected chi connectivity index (χ2v) is 4.64. The third-order valence-electron chi connectivity index (χ3n) is 3.20. The first-order valence-corrected chi connectivity index (χ1v) is 6.44. The standard InChI is InChI=1S/C16H16FNO3/c1-10(11-3-6-13(21-2)7-4-11)18-12-5-8-15(17)14(9-12)16(19)20/h3-10,18H,1-2H3,(H,19,20). The van der Waals surface area contributed by atoms with Crippen molar-refractivity contribution in [3.8, 4) is 5.75 Å². The molecule has 1 unspecified atom stereocenters. The Kier molecular flexibility index (Phi) is 4.42. The van der Waals surface area contributed by atoms with E-state index in [1.54, 1.807) is 7.11 Å². The number of ether oxygens (including phenoxy) is 1. The average molecular weight is 289 g/mol. The number of carboxylic acid groups (broad SMARTS) is 1. The quantitative estimate of drug-likeness (QED) is 0.881. The van der Waals surface area contributed by atoms with Gasteiger partial charge in [-0.3, -0.25) is 0 Å². The number of rotatable bonds is 5. The van der Waals surface area contributed by atoms with Crippen LogP contribution in [0.1, 0.15) is 28.9 Å². The number of methoxy groups -OCH3 is 1. The van der Waals surface area contributed by atoms with Crippen LogP contribution in [0.25, 0.3) is 0 Å². The van der Waals surface area contributed by atoms with Crippen molar-refractivity contribution >= 4 is 11.7 Å². The van der Waals surface area contributed by atoms with E-state index in [0.717, 1.165) is 17.4 Å². The van der Waals surface area contributed by atoms with E-state index >= 15 is 0 Å². The zero-order valence-electron chi connectivity index (χ0n) is 11.8. The summed E-state index contributed by atoms with van der Waals surface area (Å²) in [6.45, 7) is 1.94. The Morgan fingerprint density at radius 2 is 1.90 bits per heavy atom. The first kappa shape index (κ1) is 14.8. The summed E-state index contributed by atoms with van der Waals surface area (Å²) in [6, 6.07) is 11.4. The smallest absolute Gasteiger partial charge is 0.338 e. The summed E-state index contributed by atoms with van der Waals surface area (Å²) in [5.41, 5.74) is 1.22. The van der Waals surface area contributed by atoms with Gasteiger partial charge in [0.25, 0.3) is 0 Å². The van der Waals surface area contributed by atoms with Crippen LogP contribution < -0.4 is 10.1 Å². The molecule has 0 aliphatic heterocycles. The lowest BCUT2D eigenvalue weighted by atomic mass is 10.1. The summed E-state index contributed by atoms with van der Waals surface area (Å²) in [7, 11) is 1.60. The number of carbonyl (C=O) groups is 1. The van der Waals surface area contributed by atoms with Gasteiger partial charge in [0.1, 0.15) is 11.6 Å². The SMILES string of the molecule is COc1ccc(C(C)Nc2ccc(F)c(C(=O)O)c2)cc1. The van der Waals surface area contributed by atoms with Gasteiger partial charge in [-0.25, -0.2) is 9.18 Å². The minimum absolute atomic E-state index is 0.0528. The topological polar surface area (TPSA) is 58.6 Å². The fourth-order valence-corrected chi connectivity index (χ4v) is 2.00. The molecule has 2 aromatic rings. The highest BCUT2D eigenvalue weighted by molar-refractivity contribution is 5.89. The Hall–Kier alpha value is -2.56. The van der Waals surface area contributed by atoms with Gasteiger partial charge in [0.15, 0.2) is 0 Å². The van der Waals surface area contributed by atoms with Crippen molar-refractivity contribution in [1.82, 2.24) is 0 Å². The van der Waals surface area contributed by atoms with Gasteiger partial charge in [-0.05, 0) is 42.8 Å². The minimum atomic E-state index is -1.28. The second-order valence-electron chi connectivity index (χ2n) is 4.64. The molecule has 0 bridgehead atoms. The van der Waals surface area contributed by atoms with Gasteiger partial charge < -0.3 is 15.2 Å². The van der Waals surface area contributed by atoms with Gasteiger partial charge in [0.05, 0.1) is 12.7 Å². The van der Waals surface area contributed by atoms with Gasteiger partial charge in [0, 0.05) is 11.7 Å². The van der Waals surface area contributed by atoms with E-state index in [1.807, 2.05) is 31.2 Å². The van der Waals surface area contributed by atoms with Crippen molar-refractivity contribution in [1.29, 1.82) is 0 Å². The Morgan fingerprint density at radius 3 is 2.48 bits per heavy atom. The van der Waals surface area contributed by atoms with Crippen LogP contribution in [0, 0.1) is 5.82 Å². The number of carboxylic acids is 1. The molecule has 0 aliphatic carbocycles.